The third-order valence-electron chi connectivity index (χ3n) is 4.60. The predicted octanol–water partition coefficient (Wildman–Crippen LogP) is 4.40. The molecule has 1 amide bonds. The topological polar surface area (TPSA) is 73.9 Å². The molecular formula is C22H27NO5. The maximum Gasteiger partial charge on any atom is 0.339 e. The molecule has 0 saturated heterocycles. The van der Waals surface area contributed by atoms with Crippen LogP contribution in [0.3, 0.4) is 0 Å². The minimum atomic E-state index is -0.963. The first-order valence-electron chi connectivity index (χ1n) is 9.23. The van der Waals surface area contributed by atoms with Crippen LogP contribution in [0.5, 0.6) is 11.5 Å². The van der Waals surface area contributed by atoms with Crippen molar-refractivity contribution in [3.8, 4) is 11.5 Å². The molecule has 6 nitrogen and oxygen atoms in total. The van der Waals surface area contributed by atoms with Crippen molar-refractivity contribution >= 4 is 17.6 Å². The molecule has 6 heteroatoms. The summed E-state index contributed by atoms with van der Waals surface area (Å²) in [4.78, 5) is 25.0. The van der Waals surface area contributed by atoms with Gasteiger partial charge in [-0.2, -0.15) is 0 Å². The fourth-order valence-corrected chi connectivity index (χ4v) is 2.70. The first-order chi connectivity index (χ1) is 13.4. The van der Waals surface area contributed by atoms with E-state index in [0.29, 0.717) is 17.4 Å². The molecule has 0 unspecified atom stereocenters. The van der Waals surface area contributed by atoms with Crippen molar-refractivity contribution in [1.29, 1.82) is 0 Å². The van der Waals surface area contributed by atoms with Crippen LogP contribution in [0.2, 0.25) is 0 Å². The highest BCUT2D eigenvalue weighted by Crippen LogP contribution is 2.27. The molecule has 150 valence electrons. The molecule has 0 spiro atoms. The lowest BCUT2D eigenvalue weighted by molar-refractivity contribution is -0.123. The van der Waals surface area contributed by atoms with Gasteiger partial charge in [-0.05, 0) is 43.0 Å². The Morgan fingerprint density at radius 1 is 1.00 bits per heavy atom. The molecule has 2 atom stereocenters. The molecule has 2 aromatic rings. The monoisotopic (exact) mass is 385 g/mol. The largest absolute Gasteiger partial charge is 0.497 e. The van der Waals surface area contributed by atoms with Gasteiger partial charge >= 0.3 is 5.97 Å². The zero-order valence-corrected chi connectivity index (χ0v) is 16.9. The minimum absolute atomic E-state index is 0.246. The highest BCUT2D eigenvalue weighted by molar-refractivity contribution is 5.98. The molecule has 0 heterocycles. The second-order valence-corrected chi connectivity index (χ2v) is 6.53. The zero-order valence-electron chi connectivity index (χ0n) is 16.9. The Hall–Kier alpha value is -3.02. The van der Waals surface area contributed by atoms with E-state index in [1.807, 2.05) is 24.3 Å². The zero-order chi connectivity index (χ0) is 20.7. The van der Waals surface area contributed by atoms with Crippen molar-refractivity contribution in [3.05, 3.63) is 53.6 Å². The van der Waals surface area contributed by atoms with E-state index in [0.717, 1.165) is 17.7 Å². The van der Waals surface area contributed by atoms with Gasteiger partial charge in [0.1, 0.15) is 11.5 Å². The van der Waals surface area contributed by atoms with E-state index in [9.17, 15) is 9.59 Å². The van der Waals surface area contributed by atoms with Crippen LogP contribution in [0.15, 0.2) is 42.5 Å². The third-order valence-corrected chi connectivity index (χ3v) is 4.60. The van der Waals surface area contributed by atoms with Crippen molar-refractivity contribution in [2.75, 3.05) is 19.5 Å². The molecule has 0 aliphatic carbocycles. The smallest absolute Gasteiger partial charge is 0.339 e. The van der Waals surface area contributed by atoms with Gasteiger partial charge in [-0.15, -0.1) is 0 Å². The molecule has 2 aromatic carbocycles. The minimum Gasteiger partial charge on any atom is -0.497 e. The van der Waals surface area contributed by atoms with Crippen LogP contribution in [0, 0.1) is 0 Å². The van der Waals surface area contributed by atoms with Crippen LogP contribution in [0.4, 0.5) is 5.69 Å². The summed E-state index contributed by atoms with van der Waals surface area (Å²) in [5.74, 6) is 0.212. The molecule has 0 aromatic heterocycles. The van der Waals surface area contributed by atoms with Crippen LogP contribution < -0.4 is 14.8 Å². The standard InChI is InChI=1S/C22H27NO5/c1-6-14(2)19-9-7-8-10-20(19)23-21(24)15(3)28-22(25)16-11-17(26-4)13-18(12-16)27-5/h7-15H,6H2,1-5H3,(H,23,24)/t14-,15+/m1/s1. The van der Waals surface area contributed by atoms with Crippen molar-refractivity contribution in [2.24, 2.45) is 0 Å². The first-order valence-corrected chi connectivity index (χ1v) is 9.23. The normalized spacial score (nSPS) is 12.6. The van der Waals surface area contributed by atoms with Crippen LogP contribution in [-0.4, -0.2) is 32.2 Å². The molecule has 0 saturated carbocycles. The van der Waals surface area contributed by atoms with Crippen molar-refractivity contribution in [1.82, 2.24) is 0 Å². The number of anilines is 1. The van der Waals surface area contributed by atoms with Crippen LogP contribution in [0.1, 0.15) is 49.0 Å². The van der Waals surface area contributed by atoms with E-state index in [1.54, 1.807) is 6.07 Å². The van der Waals surface area contributed by atoms with Crippen molar-refractivity contribution < 1.29 is 23.8 Å². The Bertz CT molecular complexity index is 811. The van der Waals surface area contributed by atoms with Crippen LogP contribution in [-0.2, 0) is 9.53 Å². The van der Waals surface area contributed by atoms with E-state index in [2.05, 4.69) is 19.2 Å². The van der Waals surface area contributed by atoms with Crippen molar-refractivity contribution in [3.63, 3.8) is 0 Å². The van der Waals surface area contributed by atoms with E-state index in [-0.39, 0.29) is 11.5 Å². The number of methoxy groups -OCH3 is 2. The predicted molar refractivity (Wildman–Crippen MR) is 108 cm³/mol. The molecule has 0 radical (unpaired) electrons. The van der Waals surface area contributed by atoms with Crippen LogP contribution in [0.25, 0.3) is 0 Å². The SMILES string of the molecule is CC[C@@H](C)c1ccccc1NC(=O)[C@H](C)OC(=O)c1cc(OC)cc(OC)c1. The molecule has 0 aliphatic heterocycles. The lowest BCUT2D eigenvalue weighted by atomic mass is 9.97. The molecule has 28 heavy (non-hydrogen) atoms. The molecular weight excluding hydrogens is 358 g/mol. The average Bonchev–Trinajstić information content (AvgIpc) is 2.72. The van der Waals surface area contributed by atoms with Gasteiger partial charge in [0.15, 0.2) is 6.10 Å². The fourth-order valence-electron chi connectivity index (χ4n) is 2.70. The first kappa shape index (κ1) is 21.3. The van der Waals surface area contributed by atoms with Gasteiger partial charge in [0.25, 0.3) is 5.91 Å². The molecule has 0 bridgehead atoms. The summed E-state index contributed by atoms with van der Waals surface area (Å²) in [6, 6.07) is 12.4. The van der Waals surface area contributed by atoms with E-state index in [4.69, 9.17) is 14.2 Å². The number of carbonyl (C=O) groups excluding carboxylic acids is 2. The number of rotatable bonds is 8. The quantitative estimate of drug-likeness (QED) is 0.682. The highest BCUT2D eigenvalue weighted by Gasteiger charge is 2.21. The Labute approximate surface area is 165 Å². The summed E-state index contributed by atoms with van der Waals surface area (Å²) in [5, 5.41) is 2.86. The summed E-state index contributed by atoms with van der Waals surface area (Å²) in [6.07, 6.45) is -0.00979. The number of ether oxygens (including phenoxy) is 3. The molecule has 0 aliphatic rings. The number of hydrogen-bond donors (Lipinski definition) is 1. The summed E-state index contributed by atoms with van der Waals surface area (Å²) < 4.78 is 15.7. The number of benzene rings is 2. The van der Waals surface area contributed by atoms with Gasteiger partial charge in [0.05, 0.1) is 19.8 Å². The Morgan fingerprint density at radius 2 is 1.61 bits per heavy atom. The summed E-state index contributed by atoms with van der Waals surface area (Å²) in [5.41, 5.74) is 2.03. The third kappa shape index (κ3) is 5.25. The Morgan fingerprint density at radius 3 is 2.18 bits per heavy atom. The van der Waals surface area contributed by atoms with Crippen LogP contribution >= 0.6 is 0 Å². The highest BCUT2D eigenvalue weighted by atomic mass is 16.5. The Balaban J connectivity index is 2.10. The second kappa shape index (κ2) is 9.78. The van der Waals surface area contributed by atoms with Crippen molar-refractivity contribution in [2.45, 2.75) is 39.2 Å². The van der Waals surface area contributed by atoms with E-state index < -0.39 is 12.1 Å². The molecule has 0 fully saturated rings. The maximum atomic E-state index is 12.6. The van der Waals surface area contributed by atoms with Gasteiger partial charge in [0, 0.05) is 11.8 Å². The fraction of sp³-hybridized carbons (Fsp3) is 0.364. The van der Waals surface area contributed by atoms with Gasteiger partial charge in [0.2, 0.25) is 0 Å². The molecule has 2 rings (SSSR count). The molecule has 1 N–H and O–H groups in total. The lowest BCUT2D eigenvalue weighted by Crippen LogP contribution is -2.30. The average molecular weight is 385 g/mol. The van der Waals surface area contributed by atoms with E-state index >= 15 is 0 Å². The lowest BCUT2D eigenvalue weighted by Gasteiger charge is -2.18. The second-order valence-electron chi connectivity index (χ2n) is 6.53. The number of hydrogen-bond acceptors (Lipinski definition) is 5. The summed E-state index contributed by atoms with van der Waals surface area (Å²) >= 11 is 0. The number of nitrogens with one attached hydrogen (secondary N) is 1. The number of para-hydroxylation sites is 1. The number of amides is 1. The van der Waals surface area contributed by atoms with Gasteiger partial charge in [-0.25, -0.2) is 4.79 Å². The summed E-state index contributed by atoms with van der Waals surface area (Å²) in [6.45, 7) is 5.73. The number of carbonyl (C=O) groups is 2. The number of esters is 1. The Kier molecular flexibility index (Phi) is 7.44. The van der Waals surface area contributed by atoms with Gasteiger partial charge in [-0.3, -0.25) is 4.79 Å². The maximum absolute atomic E-state index is 12.6. The van der Waals surface area contributed by atoms with E-state index in [1.165, 1.54) is 33.3 Å². The van der Waals surface area contributed by atoms with Gasteiger partial charge in [-0.1, -0.05) is 32.0 Å². The van der Waals surface area contributed by atoms with Gasteiger partial charge < -0.3 is 19.5 Å². The summed E-state index contributed by atoms with van der Waals surface area (Å²) in [7, 11) is 2.99.